The number of nitrogens with one attached hydrogen (secondary N) is 2. The zero-order chi connectivity index (χ0) is 16.8. The van der Waals surface area contributed by atoms with Crippen LogP contribution in [0.1, 0.15) is 15.9 Å². The van der Waals surface area contributed by atoms with E-state index in [-0.39, 0.29) is 5.91 Å². The van der Waals surface area contributed by atoms with Crippen LogP contribution in [0.5, 0.6) is 0 Å². The van der Waals surface area contributed by atoms with Gasteiger partial charge in [0.1, 0.15) is 5.82 Å². The van der Waals surface area contributed by atoms with Crippen LogP contribution in [0.4, 0.5) is 11.5 Å². The highest BCUT2D eigenvalue weighted by atomic mass is 35.5. The van der Waals surface area contributed by atoms with Crippen molar-refractivity contribution < 1.29 is 4.79 Å². The van der Waals surface area contributed by atoms with E-state index < -0.39 is 0 Å². The molecule has 120 valence electrons. The van der Waals surface area contributed by atoms with Crippen LogP contribution < -0.4 is 10.6 Å². The van der Waals surface area contributed by atoms with Crippen molar-refractivity contribution in [1.29, 1.82) is 0 Å². The van der Waals surface area contributed by atoms with Gasteiger partial charge in [0.05, 0.1) is 11.9 Å². The molecule has 0 atom stereocenters. The summed E-state index contributed by atoms with van der Waals surface area (Å²) in [5.41, 5.74) is 2.38. The number of carbonyl (C=O) groups is 1. The van der Waals surface area contributed by atoms with E-state index in [1.165, 1.54) is 0 Å². The smallest absolute Gasteiger partial charge is 0.255 e. The molecule has 0 spiro atoms. The first-order valence-corrected chi connectivity index (χ1v) is 7.89. The highest BCUT2D eigenvalue weighted by Gasteiger charge is 2.05. The number of aromatic nitrogens is 1. The van der Waals surface area contributed by atoms with Crippen molar-refractivity contribution in [1.82, 2.24) is 4.98 Å². The summed E-state index contributed by atoms with van der Waals surface area (Å²) in [6, 6.07) is 20.4. The summed E-state index contributed by atoms with van der Waals surface area (Å²) in [4.78, 5) is 16.4. The Bertz CT molecular complexity index is 802. The molecule has 4 nitrogen and oxygen atoms in total. The first-order chi connectivity index (χ1) is 11.7. The van der Waals surface area contributed by atoms with Crippen LogP contribution in [0.2, 0.25) is 5.02 Å². The maximum absolute atomic E-state index is 12.1. The molecule has 1 aromatic heterocycles. The first-order valence-electron chi connectivity index (χ1n) is 7.51. The highest BCUT2D eigenvalue weighted by molar-refractivity contribution is 6.30. The third kappa shape index (κ3) is 4.33. The molecule has 3 aromatic rings. The molecule has 0 saturated heterocycles. The van der Waals surface area contributed by atoms with Gasteiger partial charge in [-0.25, -0.2) is 4.98 Å². The normalized spacial score (nSPS) is 10.2. The molecule has 0 fully saturated rings. The standard InChI is InChI=1S/C19H16ClN3O/c20-16-8-6-14(7-9-16)12-21-18-11-10-17(13-22-18)23-19(24)15-4-2-1-3-5-15/h1-11,13H,12H2,(H,21,22)(H,23,24). The molecule has 0 aliphatic carbocycles. The van der Waals surface area contributed by atoms with E-state index in [1.807, 2.05) is 54.6 Å². The second-order valence-corrected chi connectivity index (χ2v) is 5.67. The van der Waals surface area contributed by atoms with E-state index in [0.717, 1.165) is 16.4 Å². The third-order valence-corrected chi connectivity index (χ3v) is 3.70. The van der Waals surface area contributed by atoms with E-state index in [0.29, 0.717) is 17.8 Å². The summed E-state index contributed by atoms with van der Waals surface area (Å²) in [6.07, 6.45) is 1.63. The minimum absolute atomic E-state index is 0.153. The fraction of sp³-hybridized carbons (Fsp3) is 0.0526. The first kappa shape index (κ1) is 16.0. The van der Waals surface area contributed by atoms with E-state index in [9.17, 15) is 4.79 Å². The van der Waals surface area contributed by atoms with Crippen LogP contribution in [0.25, 0.3) is 0 Å². The molecule has 5 heteroatoms. The molecular weight excluding hydrogens is 322 g/mol. The van der Waals surface area contributed by atoms with Gasteiger partial charge in [0.2, 0.25) is 0 Å². The zero-order valence-electron chi connectivity index (χ0n) is 12.9. The number of pyridine rings is 1. The second-order valence-electron chi connectivity index (χ2n) is 5.23. The van der Waals surface area contributed by atoms with Crippen molar-refractivity contribution >= 4 is 29.0 Å². The van der Waals surface area contributed by atoms with Gasteiger partial charge in [0.25, 0.3) is 5.91 Å². The number of rotatable bonds is 5. The Labute approximate surface area is 145 Å². The molecule has 0 saturated carbocycles. The van der Waals surface area contributed by atoms with Crippen LogP contribution >= 0.6 is 11.6 Å². The summed E-state index contributed by atoms with van der Waals surface area (Å²) < 4.78 is 0. The molecule has 1 heterocycles. The van der Waals surface area contributed by atoms with Crippen molar-refractivity contribution in [2.75, 3.05) is 10.6 Å². The number of carbonyl (C=O) groups excluding carboxylic acids is 1. The third-order valence-electron chi connectivity index (χ3n) is 3.44. The lowest BCUT2D eigenvalue weighted by Gasteiger charge is -2.08. The van der Waals surface area contributed by atoms with E-state index in [2.05, 4.69) is 15.6 Å². The lowest BCUT2D eigenvalue weighted by atomic mass is 10.2. The number of nitrogens with zero attached hydrogens (tertiary/aromatic N) is 1. The average Bonchev–Trinajstić information content (AvgIpc) is 2.63. The molecule has 0 aliphatic heterocycles. The number of halogens is 1. The van der Waals surface area contributed by atoms with Crippen molar-refractivity contribution in [2.45, 2.75) is 6.54 Å². The van der Waals surface area contributed by atoms with Crippen molar-refractivity contribution in [2.24, 2.45) is 0 Å². The van der Waals surface area contributed by atoms with Gasteiger partial charge in [0.15, 0.2) is 0 Å². The van der Waals surface area contributed by atoms with Crippen LogP contribution in [-0.2, 0) is 6.54 Å². The number of hydrogen-bond acceptors (Lipinski definition) is 3. The van der Waals surface area contributed by atoms with Gasteiger partial charge in [-0.2, -0.15) is 0 Å². The number of amides is 1. The molecular formula is C19H16ClN3O. The summed E-state index contributed by atoms with van der Waals surface area (Å²) >= 11 is 5.86. The molecule has 2 N–H and O–H groups in total. The summed E-state index contributed by atoms with van der Waals surface area (Å²) in [5.74, 6) is 0.585. The molecule has 2 aromatic carbocycles. The number of anilines is 2. The van der Waals surface area contributed by atoms with Crippen LogP contribution in [0.15, 0.2) is 72.9 Å². The van der Waals surface area contributed by atoms with Gasteiger partial charge in [0, 0.05) is 17.1 Å². The van der Waals surface area contributed by atoms with Gasteiger partial charge >= 0.3 is 0 Å². The predicted octanol–water partition coefficient (Wildman–Crippen LogP) is 4.60. The fourth-order valence-corrected chi connectivity index (χ4v) is 2.29. The van der Waals surface area contributed by atoms with Crippen molar-refractivity contribution in [3.05, 3.63) is 89.1 Å². The maximum Gasteiger partial charge on any atom is 0.255 e. The molecule has 1 amide bonds. The van der Waals surface area contributed by atoms with Gasteiger partial charge in [-0.15, -0.1) is 0 Å². The van der Waals surface area contributed by atoms with Gasteiger partial charge < -0.3 is 10.6 Å². The largest absolute Gasteiger partial charge is 0.366 e. The Morgan fingerprint density at radius 2 is 1.71 bits per heavy atom. The average molecular weight is 338 g/mol. The number of benzene rings is 2. The maximum atomic E-state index is 12.1. The Morgan fingerprint density at radius 3 is 2.38 bits per heavy atom. The van der Waals surface area contributed by atoms with Crippen LogP contribution in [-0.4, -0.2) is 10.9 Å². The Balaban J connectivity index is 1.57. The molecule has 3 rings (SSSR count). The Morgan fingerprint density at radius 1 is 0.958 bits per heavy atom. The monoisotopic (exact) mass is 337 g/mol. The van der Waals surface area contributed by atoms with Gasteiger partial charge in [-0.05, 0) is 42.0 Å². The highest BCUT2D eigenvalue weighted by Crippen LogP contribution is 2.14. The van der Waals surface area contributed by atoms with Gasteiger partial charge in [-0.1, -0.05) is 41.9 Å². The molecule has 0 aliphatic rings. The Hall–Kier alpha value is -2.85. The Kier molecular flexibility index (Phi) is 5.08. The molecule has 0 unspecified atom stereocenters. The molecule has 0 radical (unpaired) electrons. The summed E-state index contributed by atoms with van der Waals surface area (Å²) in [6.45, 7) is 0.653. The minimum Gasteiger partial charge on any atom is -0.366 e. The van der Waals surface area contributed by atoms with Crippen LogP contribution in [0.3, 0.4) is 0 Å². The van der Waals surface area contributed by atoms with Crippen molar-refractivity contribution in [3.8, 4) is 0 Å². The quantitative estimate of drug-likeness (QED) is 0.715. The molecule has 0 bridgehead atoms. The SMILES string of the molecule is O=C(Nc1ccc(NCc2ccc(Cl)cc2)nc1)c1ccccc1. The summed E-state index contributed by atoms with van der Waals surface area (Å²) in [7, 11) is 0. The topological polar surface area (TPSA) is 54.0 Å². The minimum atomic E-state index is -0.153. The van der Waals surface area contributed by atoms with Gasteiger partial charge in [-0.3, -0.25) is 4.79 Å². The fourth-order valence-electron chi connectivity index (χ4n) is 2.16. The van der Waals surface area contributed by atoms with E-state index >= 15 is 0 Å². The van der Waals surface area contributed by atoms with Crippen molar-refractivity contribution in [3.63, 3.8) is 0 Å². The van der Waals surface area contributed by atoms with Crippen LogP contribution in [0, 0.1) is 0 Å². The van der Waals surface area contributed by atoms with E-state index in [1.54, 1.807) is 18.3 Å². The molecule has 24 heavy (non-hydrogen) atoms. The summed E-state index contributed by atoms with van der Waals surface area (Å²) in [5, 5.41) is 6.77. The predicted molar refractivity (Wildman–Crippen MR) is 97.4 cm³/mol. The van der Waals surface area contributed by atoms with E-state index in [4.69, 9.17) is 11.6 Å². The zero-order valence-corrected chi connectivity index (χ0v) is 13.6. The lowest BCUT2D eigenvalue weighted by molar-refractivity contribution is 0.102. The lowest BCUT2D eigenvalue weighted by Crippen LogP contribution is -2.12. The second kappa shape index (κ2) is 7.62. The number of hydrogen-bond donors (Lipinski definition) is 2.